The van der Waals surface area contributed by atoms with Crippen LogP contribution in [0.25, 0.3) is 0 Å². The average molecular weight is 414 g/mol. The van der Waals surface area contributed by atoms with E-state index in [9.17, 15) is 0 Å². The van der Waals surface area contributed by atoms with Crippen molar-refractivity contribution in [1.29, 1.82) is 5.26 Å². The van der Waals surface area contributed by atoms with Gasteiger partial charge in [-0.1, -0.05) is 0 Å². The molecule has 5 heteroatoms. The van der Waals surface area contributed by atoms with Gasteiger partial charge in [0.2, 0.25) is 0 Å². The zero-order valence-electron chi connectivity index (χ0n) is 9.24. The Morgan fingerprint density at radius 2 is 1.83 bits per heavy atom. The first kappa shape index (κ1) is 13.2. The molecule has 3 nitrogen and oxygen atoms in total. The first-order chi connectivity index (χ1) is 8.60. The maximum absolute atomic E-state index is 8.92. The molecule has 0 aromatic heterocycles. The zero-order chi connectivity index (χ0) is 13.1. The van der Waals surface area contributed by atoms with Gasteiger partial charge in [-0.25, -0.2) is 0 Å². The van der Waals surface area contributed by atoms with Gasteiger partial charge in [-0.2, -0.15) is 5.26 Å². The van der Waals surface area contributed by atoms with Gasteiger partial charge in [-0.3, -0.25) is 0 Å². The number of nitrogen functional groups attached to an aromatic ring is 1. The number of hydrogen-bond acceptors (Lipinski definition) is 3. The van der Waals surface area contributed by atoms with E-state index in [-0.39, 0.29) is 0 Å². The molecule has 0 unspecified atom stereocenters. The van der Waals surface area contributed by atoms with Crippen molar-refractivity contribution < 1.29 is 0 Å². The summed E-state index contributed by atoms with van der Waals surface area (Å²) in [7, 11) is 0. The fourth-order valence-corrected chi connectivity index (χ4v) is 2.23. The number of nitrogens with zero attached hydrogens (tertiary/aromatic N) is 1. The Bertz CT molecular complexity index is 635. The molecule has 0 heterocycles. The van der Waals surface area contributed by atoms with E-state index < -0.39 is 0 Å². The van der Waals surface area contributed by atoms with Crippen LogP contribution in [0.2, 0.25) is 0 Å². The van der Waals surface area contributed by atoms with E-state index in [0.29, 0.717) is 11.3 Å². The molecule has 0 spiro atoms. The van der Waals surface area contributed by atoms with Gasteiger partial charge < -0.3 is 11.1 Å². The van der Waals surface area contributed by atoms with Crippen molar-refractivity contribution in [3.05, 3.63) is 50.0 Å². The molecule has 2 rings (SSSR count). The summed E-state index contributed by atoms with van der Waals surface area (Å²) in [6.45, 7) is 0. The van der Waals surface area contributed by atoms with Crippen LogP contribution in [0.4, 0.5) is 17.1 Å². The highest BCUT2D eigenvalue weighted by Crippen LogP contribution is 2.26. The largest absolute Gasteiger partial charge is 0.398 e. The Morgan fingerprint density at radius 1 is 1.17 bits per heavy atom. The number of nitrogens with two attached hydrogens (primary N) is 1. The molecule has 0 aliphatic heterocycles. The van der Waals surface area contributed by atoms with Gasteiger partial charge in [0.15, 0.2) is 0 Å². The first-order valence-corrected chi connectivity index (χ1v) is 6.99. The molecule has 90 valence electrons. The summed E-state index contributed by atoms with van der Waals surface area (Å²) in [5, 5.41) is 12.2. The fourth-order valence-electron chi connectivity index (χ4n) is 1.47. The van der Waals surface area contributed by atoms with Gasteiger partial charge in [0.05, 0.1) is 5.56 Å². The van der Waals surface area contributed by atoms with Crippen molar-refractivity contribution in [2.75, 3.05) is 11.1 Å². The molecule has 0 saturated heterocycles. The van der Waals surface area contributed by atoms with Crippen LogP contribution < -0.4 is 11.1 Å². The highest BCUT2D eigenvalue weighted by molar-refractivity contribution is 14.1. The topological polar surface area (TPSA) is 61.8 Å². The molecule has 2 aromatic carbocycles. The van der Waals surface area contributed by atoms with E-state index in [1.807, 2.05) is 24.3 Å². The lowest BCUT2D eigenvalue weighted by atomic mass is 10.1. The minimum atomic E-state index is 0.479. The van der Waals surface area contributed by atoms with Gasteiger partial charge in [0.1, 0.15) is 6.07 Å². The predicted molar refractivity (Wildman–Crippen MR) is 85.7 cm³/mol. The lowest BCUT2D eigenvalue weighted by Gasteiger charge is -2.08. The third-order valence-electron chi connectivity index (χ3n) is 2.38. The third kappa shape index (κ3) is 2.94. The maximum atomic E-state index is 8.92. The van der Waals surface area contributed by atoms with E-state index in [0.717, 1.165) is 19.4 Å². The van der Waals surface area contributed by atoms with Gasteiger partial charge >= 0.3 is 0 Å². The molecule has 0 atom stereocenters. The number of benzene rings is 2. The average Bonchev–Trinajstić information content (AvgIpc) is 2.36. The second kappa shape index (κ2) is 5.59. The molecule has 0 amide bonds. The van der Waals surface area contributed by atoms with Crippen molar-refractivity contribution in [1.82, 2.24) is 0 Å². The molecule has 18 heavy (non-hydrogen) atoms. The summed E-state index contributed by atoms with van der Waals surface area (Å²) >= 11 is 5.71. The van der Waals surface area contributed by atoms with Crippen molar-refractivity contribution in [3.8, 4) is 6.07 Å². The predicted octanol–water partition coefficient (Wildman–Crippen LogP) is 4.25. The molecule has 0 aliphatic carbocycles. The quantitative estimate of drug-likeness (QED) is 0.571. The molecule has 0 fully saturated rings. The number of nitrogens with one attached hydrogen (secondary N) is 1. The normalized spacial score (nSPS) is 9.83. The Morgan fingerprint density at radius 3 is 2.50 bits per heavy atom. The number of nitriles is 1. The Hall–Kier alpha value is -1.26. The number of hydrogen-bond donors (Lipinski definition) is 2. The van der Waals surface area contributed by atoms with Crippen molar-refractivity contribution in [2.45, 2.75) is 0 Å². The number of halogens is 2. The van der Waals surface area contributed by atoms with Crippen molar-refractivity contribution >= 4 is 55.6 Å². The van der Waals surface area contributed by atoms with Crippen LogP contribution in [0.3, 0.4) is 0 Å². The summed E-state index contributed by atoms with van der Waals surface area (Å²) in [5.41, 5.74) is 8.47. The summed E-state index contributed by atoms with van der Waals surface area (Å²) in [6, 6.07) is 13.4. The van der Waals surface area contributed by atoms with Gasteiger partial charge in [-0.05, 0) is 74.9 Å². The van der Waals surface area contributed by atoms with Gasteiger partial charge in [-0.15, -0.1) is 0 Å². The third-order valence-corrected chi connectivity index (χ3v) is 4.71. The lowest BCUT2D eigenvalue weighted by molar-refractivity contribution is 1.46. The van der Waals surface area contributed by atoms with Crippen LogP contribution in [0.1, 0.15) is 5.56 Å². The number of rotatable bonds is 2. The van der Waals surface area contributed by atoms with E-state index >= 15 is 0 Å². The highest BCUT2D eigenvalue weighted by Gasteiger charge is 2.02. The molecular weight excluding hydrogens is 405 g/mol. The molecule has 0 bridgehead atoms. The van der Waals surface area contributed by atoms with Crippen LogP contribution in [0, 0.1) is 14.9 Å². The lowest BCUT2D eigenvalue weighted by Crippen LogP contribution is -1.95. The SMILES string of the molecule is N#Cc1cc(Nc2ccc(Br)c(I)c2)ccc1N. The van der Waals surface area contributed by atoms with Gasteiger partial charge in [0.25, 0.3) is 0 Å². The van der Waals surface area contributed by atoms with Crippen molar-refractivity contribution in [3.63, 3.8) is 0 Å². The zero-order valence-corrected chi connectivity index (χ0v) is 13.0. The van der Waals surface area contributed by atoms with E-state index in [2.05, 4.69) is 49.9 Å². The molecule has 0 aliphatic rings. The first-order valence-electron chi connectivity index (χ1n) is 5.12. The van der Waals surface area contributed by atoms with E-state index in [1.165, 1.54) is 0 Å². The van der Waals surface area contributed by atoms with Crippen LogP contribution in [-0.2, 0) is 0 Å². The van der Waals surface area contributed by atoms with Crippen LogP contribution >= 0.6 is 38.5 Å². The van der Waals surface area contributed by atoms with Crippen LogP contribution in [0.15, 0.2) is 40.9 Å². The summed E-state index contributed by atoms with van der Waals surface area (Å²) in [6.07, 6.45) is 0. The minimum absolute atomic E-state index is 0.479. The Labute approximate surface area is 127 Å². The molecule has 2 aromatic rings. The number of anilines is 3. The summed E-state index contributed by atoms with van der Waals surface area (Å²) in [5.74, 6) is 0. The summed E-state index contributed by atoms with van der Waals surface area (Å²) < 4.78 is 2.18. The molecule has 3 N–H and O–H groups in total. The molecular formula is C13H9BrIN3. The monoisotopic (exact) mass is 413 g/mol. The fraction of sp³-hybridized carbons (Fsp3) is 0. The maximum Gasteiger partial charge on any atom is 0.101 e. The minimum Gasteiger partial charge on any atom is -0.398 e. The standard InChI is InChI=1S/C13H9BrIN3/c14-11-3-1-10(6-12(11)15)18-9-2-4-13(17)8(5-9)7-16/h1-6,18H,17H2. The Balaban J connectivity index is 2.29. The summed E-state index contributed by atoms with van der Waals surface area (Å²) in [4.78, 5) is 0. The molecule has 0 radical (unpaired) electrons. The second-order valence-electron chi connectivity index (χ2n) is 3.67. The smallest absolute Gasteiger partial charge is 0.101 e. The molecule has 0 saturated carbocycles. The van der Waals surface area contributed by atoms with Crippen LogP contribution in [0.5, 0.6) is 0 Å². The van der Waals surface area contributed by atoms with E-state index in [1.54, 1.807) is 12.1 Å². The Kier molecular flexibility index (Phi) is 4.09. The van der Waals surface area contributed by atoms with Crippen molar-refractivity contribution in [2.24, 2.45) is 0 Å². The second-order valence-corrected chi connectivity index (χ2v) is 5.68. The van der Waals surface area contributed by atoms with Crippen LogP contribution in [-0.4, -0.2) is 0 Å². The highest BCUT2D eigenvalue weighted by atomic mass is 127. The van der Waals surface area contributed by atoms with Gasteiger partial charge in [0, 0.05) is 25.1 Å². The van der Waals surface area contributed by atoms with E-state index in [4.69, 9.17) is 11.0 Å².